The Hall–Kier alpha value is -3.40. The zero-order valence-corrected chi connectivity index (χ0v) is 13.7. The van der Waals surface area contributed by atoms with Crippen LogP contribution in [0, 0.1) is 0 Å². The number of imidazole rings is 1. The van der Waals surface area contributed by atoms with Crippen molar-refractivity contribution in [1.82, 2.24) is 9.38 Å². The van der Waals surface area contributed by atoms with Crippen molar-refractivity contribution >= 4 is 11.6 Å². The van der Waals surface area contributed by atoms with Crippen LogP contribution >= 0.6 is 0 Å². The molecule has 0 amide bonds. The first kappa shape index (κ1) is 15.1. The van der Waals surface area contributed by atoms with Crippen LogP contribution in [0.4, 0.5) is 0 Å². The maximum atomic E-state index is 11.7. The summed E-state index contributed by atoms with van der Waals surface area (Å²) in [5.74, 6) is -0.357. The molecule has 2 heterocycles. The lowest BCUT2D eigenvalue weighted by molar-refractivity contribution is 0.0600. The van der Waals surface area contributed by atoms with E-state index in [0.29, 0.717) is 5.56 Å². The molecule has 0 fully saturated rings. The summed E-state index contributed by atoms with van der Waals surface area (Å²) in [5, 5.41) is 0. The first-order valence-corrected chi connectivity index (χ1v) is 7.97. The Morgan fingerprint density at radius 1 is 0.840 bits per heavy atom. The SMILES string of the molecule is COC(=O)c1ccc2nc(-c3ccc(-c4ccccc4)cc3)cn2c1. The van der Waals surface area contributed by atoms with E-state index in [1.54, 1.807) is 12.3 Å². The number of benzene rings is 2. The summed E-state index contributed by atoms with van der Waals surface area (Å²) >= 11 is 0. The molecule has 0 spiro atoms. The molecule has 4 heteroatoms. The van der Waals surface area contributed by atoms with Crippen LogP contribution in [-0.2, 0) is 4.74 Å². The summed E-state index contributed by atoms with van der Waals surface area (Å²) < 4.78 is 6.60. The standard InChI is InChI=1S/C21H16N2O2/c1-25-21(24)18-11-12-20-22-19(14-23(20)13-18)17-9-7-16(8-10-17)15-5-3-2-4-6-15/h2-14H,1H3. The van der Waals surface area contributed by atoms with Crippen molar-refractivity contribution in [3.8, 4) is 22.4 Å². The lowest BCUT2D eigenvalue weighted by Crippen LogP contribution is -2.02. The number of nitrogens with zero attached hydrogens (tertiary/aromatic N) is 2. The van der Waals surface area contributed by atoms with Crippen molar-refractivity contribution < 1.29 is 9.53 Å². The van der Waals surface area contributed by atoms with Crippen LogP contribution < -0.4 is 0 Å². The van der Waals surface area contributed by atoms with Crippen molar-refractivity contribution in [2.75, 3.05) is 7.11 Å². The summed E-state index contributed by atoms with van der Waals surface area (Å²) in [6.07, 6.45) is 3.65. The van der Waals surface area contributed by atoms with Gasteiger partial charge in [-0.2, -0.15) is 0 Å². The highest BCUT2D eigenvalue weighted by atomic mass is 16.5. The smallest absolute Gasteiger partial charge is 0.339 e. The lowest BCUT2D eigenvalue weighted by Gasteiger charge is -2.02. The van der Waals surface area contributed by atoms with E-state index in [1.807, 2.05) is 34.9 Å². The maximum Gasteiger partial charge on any atom is 0.339 e. The van der Waals surface area contributed by atoms with E-state index >= 15 is 0 Å². The molecule has 0 saturated heterocycles. The average molecular weight is 328 g/mol. The van der Waals surface area contributed by atoms with E-state index in [2.05, 4.69) is 41.4 Å². The van der Waals surface area contributed by atoms with E-state index < -0.39 is 0 Å². The van der Waals surface area contributed by atoms with Crippen LogP contribution in [0.5, 0.6) is 0 Å². The predicted octanol–water partition coefficient (Wildman–Crippen LogP) is 4.45. The molecule has 0 aliphatic rings. The van der Waals surface area contributed by atoms with Gasteiger partial charge in [0.05, 0.1) is 18.4 Å². The van der Waals surface area contributed by atoms with Crippen molar-refractivity contribution in [2.45, 2.75) is 0 Å². The molecule has 2 aromatic heterocycles. The number of hydrogen-bond donors (Lipinski definition) is 0. The highest BCUT2D eigenvalue weighted by molar-refractivity contribution is 5.89. The van der Waals surface area contributed by atoms with Gasteiger partial charge in [-0.15, -0.1) is 0 Å². The van der Waals surface area contributed by atoms with Gasteiger partial charge in [0.15, 0.2) is 0 Å². The van der Waals surface area contributed by atoms with Crippen LogP contribution in [-0.4, -0.2) is 22.5 Å². The molecule has 4 rings (SSSR count). The minimum atomic E-state index is -0.357. The Kier molecular flexibility index (Phi) is 3.78. The minimum Gasteiger partial charge on any atom is -0.465 e. The third-order valence-electron chi connectivity index (χ3n) is 4.16. The highest BCUT2D eigenvalue weighted by Gasteiger charge is 2.09. The Labute approximate surface area is 145 Å². The summed E-state index contributed by atoms with van der Waals surface area (Å²) in [7, 11) is 1.38. The van der Waals surface area contributed by atoms with Gasteiger partial charge < -0.3 is 9.14 Å². The van der Waals surface area contributed by atoms with Crippen molar-refractivity contribution in [3.63, 3.8) is 0 Å². The number of carbonyl (C=O) groups excluding carboxylic acids is 1. The Bertz CT molecular complexity index is 1030. The van der Waals surface area contributed by atoms with Gasteiger partial charge in [-0.25, -0.2) is 9.78 Å². The van der Waals surface area contributed by atoms with Gasteiger partial charge in [0.25, 0.3) is 0 Å². The van der Waals surface area contributed by atoms with E-state index in [0.717, 1.165) is 16.9 Å². The molecule has 0 N–H and O–H groups in total. The summed E-state index contributed by atoms with van der Waals surface area (Å²) in [6, 6.07) is 22.1. The Morgan fingerprint density at radius 2 is 1.52 bits per heavy atom. The average Bonchev–Trinajstić information content (AvgIpc) is 3.11. The molecule has 122 valence electrons. The van der Waals surface area contributed by atoms with E-state index in [1.165, 1.54) is 18.2 Å². The van der Waals surface area contributed by atoms with Gasteiger partial charge in [-0.05, 0) is 23.3 Å². The minimum absolute atomic E-state index is 0.357. The second-order valence-electron chi connectivity index (χ2n) is 5.74. The quantitative estimate of drug-likeness (QED) is 0.522. The number of carbonyl (C=O) groups is 1. The summed E-state index contributed by atoms with van der Waals surface area (Å²) in [6.45, 7) is 0. The third kappa shape index (κ3) is 2.90. The molecule has 0 bridgehead atoms. The number of pyridine rings is 1. The van der Waals surface area contributed by atoms with Crippen LogP contribution in [0.25, 0.3) is 28.0 Å². The second kappa shape index (κ2) is 6.24. The number of rotatable bonds is 3. The zero-order valence-electron chi connectivity index (χ0n) is 13.7. The number of ether oxygens (including phenoxy) is 1. The van der Waals surface area contributed by atoms with Gasteiger partial charge in [-0.1, -0.05) is 54.6 Å². The molecule has 25 heavy (non-hydrogen) atoms. The molecule has 4 nitrogen and oxygen atoms in total. The first-order valence-electron chi connectivity index (χ1n) is 7.97. The number of aromatic nitrogens is 2. The fraction of sp³-hybridized carbons (Fsp3) is 0.0476. The maximum absolute atomic E-state index is 11.7. The third-order valence-corrected chi connectivity index (χ3v) is 4.16. The molecule has 0 radical (unpaired) electrons. The number of esters is 1. The molecule has 2 aromatic carbocycles. The lowest BCUT2D eigenvalue weighted by atomic mass is 10.0. The molecule has 0 saturated carbocycles. The Balaban J connectivity index is 1.68. The molecule has 4 aromatic rings. The number of fused-ring (bicyclic) bond motifs is 1. The van der Waals surface area contributed by atoms with E-state index in [-0.39, 0.29) is 5.97 Å². The normalized spacial score (nSPS) is 10.8. The molecular formula is C21H16N2O2. The molecule has 0 unspecified atom stereocenters. The molecule has 0 aliphatic carbocycles. The van der Waals surface area contributed by atoms with Crippen LogP contribution in [0.3, 0.4) is 0 Å². The van der Waals surface area contributed by atoms with Crippen molar-refractivity contribution in [1.29, 1.82) is 0 Å². The summed E-state index contributed by atoms with van der Waals surface area (Å²) in [5.41, 5.74) is 5.53. The van der Waals surface area contributed by atoms with E-state index in [4.69, 9.17) is 4.74 Å². The van der Waals surface area contributed by atoms with Crippen LogP contribution in [0.2, 0.25) is 0 Å². The molecule has 0 aliphatic heterocycles. The predicted molar refractivity (Wildman–Crippen MR) is 97.4 cm³/mol. The second-order valence-corrected chi connectivity index (χ2v) is 5.74. The largest absolute Gasteiger partial charge is 0.465 e. The van der Waals surface area contributed by atoms with Gasteiger partial charge in [0, 0.05) is 18.0 Å². The van der Waals surface area contributed by atoms with Gasteiger partial charge in [0.1, 0.15) is 5.65 Å². The Morgan fingerprint density at radius 3 is 2.24 bits per heavy atom. The summed E-state index contributed by atoms with van der Waals surface area (Å²) in [4.78, 5) is 16.3. The van der Waals surface area contributed by atoms with E-state index in [9.17, 15) is 4.79 Å². The fourth-order valence-electron chi connectivity index (χ4n) is 2.83. The zero-order chi connectivity index (χ0) is 17.2. The first-order chi connectivity index (χ1) is 12.2. The molecule has 0 atom stereocenters. The van der Waals surface area contributed by atoms with Crippen LogP contribution in [0.1, 0.15) is 10.4 Å². The number of hydrogen-bond acceptors (Lipinski definition) is 3. The van der Waals surface area contributed by atoms with Gasteiger partial charge >= 0.3 is 5.97 Å². The van der Waals surface area contributed by atoms with Crippen molar-refractivity contribution in [3.05, 3.63) is 84.7 Å². The monoisotopic (exact) mass is 328 g/mol. The van der Waals surface area contributed by atoms with Crippen LogP contribution in [0.15, 0.2) is 79.1 Å². The number of methoxy groups -OCH3 is 1. The highest BCUT2D eigenvalue weighted by Crippen LogP contribution is 2.24. The van der Waals surface area contributed by atoms with Gasteiger partial charge in [0.2, 0.25) is 0 Å². The van der Waals surface area contributed by atoms with Crippen molar-refractivity contribution in [2.24, 2.45) is 0 Å². The topological polar surface area (TPSA) is 43.6 Å². The molecular weight excluding hydrogens is 312 g/mol. The fourth-order valence-corrected chi connectivity index (χ4v) is 2.83. The van der Waals surface area contributed by atoms with Gasteiger partial charge in [-0.3, -0.25) is 0 Å².